The van der Waals surface area contributed by atoms with Crippen LogP contribution in [0, 0.1) is 0 Å². The van der Waals surface area contributed by atoms with Crippen LogP contribution in [0.2, 0.25) is 0 Å². The van der Waals surface area contributed by atoms with Crippen molar-refractivity contribution in [2.75, 3.05) is 13.2 Å². The number of carbonyl (C=O) groups excluding carboxylic acids is 3. The maximum atomic E-state index is 12.9. The van der Waals surface area contributed by atoms with Gasteiger partial charge in [-0.05, 0) is 19.3 Å². The van der Waals surface area contributed by atoms with E-state index in [1.807, 2.05) is 0 Å². The summed E-state index contributed by atoms with van der Waals surface area (Å²) >= 11 is 0. The molecule has 81 heavy (non-hydrogen) atoms. The van der Waals surface area contributed by atoms with Crippen LogP contribution >= 0.6 is 0 Å². The van der Waals surface area contributed by atoms with Crippen molar-refractivity contribution in [3.8, 4) is 0 Å². The first-order valence-electron chi connectivity index (χ1n) is 37.5. The van der Waals surface area contributed by atoms with Crippen LogP contribution in [-0.2, 0) is 28.6 Å². The molecule has 0 rings (SSSR count). The molecule has 0 aromatic rings. The van der Waals surface area contributed by atoms with Crippen molar-refractivity contribution >= 4 is 17.9 Å². The van der Waals surface area contributed by atoms with Gasteiger partial charge in [0.25, 0.3) is 0 Å². The second-order valence-electron chi connectivity index (χ2n) is 25.9. The van der Waals surface area contributed by atoms with E-state index in [-0.39, 0.29) is 31.1 Å². The first-order valence-corrected chi connectivity index (χ1v) is 37.5. The van der Waals surface area contributed by atoms with E-state index in [4.69, 9.17) is 14.2 Å². The molecule has 6 nitrogen and oxygen atoms in total. The van der Waals surface area contributed by atoms with E-state index in [0.717, 1.165) is 57.8 Å². The predicted octanol–water partition coefficient (Wildman–Crippen LogP) is 25.8. The molecule has 0 amide bonds. The summed E-state index contributed by atoms with van der Waals surface area (Å²) in [7, 11) is 0. The van der Waals surface area contributed by atoms with Gasteiger partial charge >= 0.3 is 17.9 Å². The largest absolute Gasteiger partial charge is 0.462 e. The molecule has 0 fully saturated rings. The molecule has 0 spiro atoms. The third kappa shape index (κ3) is 69.1. The minimum Gasteiger partial charge on any atom is -0.462 e. The average Bonchev–Trinajstić information content (AvgIpc) is 3.47. The highest BCUT2D eigenvalue weighted by Crippen LogP contribution is 2.20. The van der Waals surface area contributed by atoms with Gasteiger partial charge in [-0.1, -0.05) is 406 Å². The number of ether oxygens (including phenoxy) is 3. The molecule has 0 saturated carbocycles. The Balaban J connectivity index is 3.87. The van der Waals surface area contributed by atoms with Crippen molar-refractivity contribution in [2.24, 2.45) is 0 Å². The maximum Gasteiger partial charge on any atom is 0.306 e. The molecular formula is C75H146O6. The molecule has 1 unspecified atom stereocenters. The quantitative estimate of drug-likeness (QED) is 0.0343. The molecule has 0 aliphatic rings. The van der Waals surface area contributed by atoms with Crippen molar-refractivity contribution in [2.45, 2.75) is 451 Å². The van der Waals surface area contributed by atoms with Crippen LogP contribution in [0.3, 0.4) is 0 Å². The number of carbonyl (C=O) groups is 3. The fourth-order valence-electron chi connectivity index (χ4n) is 12.0. The van der Waals surface area contributed by atoms with Gasteiger partial charge in [0.2, 0.25) is 0 Å². The number of hydrogen-bond acceptors (Lipinski definition) is 6. The van der Waals surface area contributed by atoms with Gasteiger partial charge in [-0.25, -0.2) is 0 Å². The predicted molar refractivity (Wildman–Crippen MR) is 354 cm³/mol. The van der Waals surface area contributed by atoms with Crippen LogP contribution in [0.25, 0.3) is 0 Å². The standard InChI is InChI=1S/C75H146O6/c1-4-7-10-13-16-18-20-22-24-26-28-30-32-33-34-35-36-37-38-39-40-41-42-44-45-47-49-51-53-55-57-59-62-65-68-74(77)80-71-72(70-79-73(76)67-64-61-15-12-9-6-3)81-75(78)69-66-63-60-58-56-54-52-50-48-46-43-31-29-27-25-23-21-19-17-14-11-8-5-2/h72H,4-71H2,1-3H3. The van der Waals surface area contributed by atoms with Crippen molar-refractivity contribution in [3.05, 3.63) is 0 Å². The monoisotopic (exact) mass is 1140 g/mol. The molecular weight excluding hydrogens is 997 g/mol. The molecule has 6 heteroatoms. The van der Waals surface area contributed by atoms with Crippen molar-refractivity contribution < 1.29 is 28.6 Å². The van der Waals surface area contributed by atoms with E-state index >= 15 is 0 Å². The molecule has 0 heterocycles. The maximum absolute atomic E-state index is 12.9. The Bertz CT molecular complexity index is 1220. The molecule has 0 aromatic carbocycles. The summed E-state index contributed by atoms with van der Waals surface area (Å²) in [5.41, 5.74) is 0. The van der Waals surface area contributed by atoms with Gasteiger partial charge in [0.15, 0.2) is 6.10 Å². The van der Waals surface area contributed by atoms with Gasteiger partial charge in [0, 0.05) is 19.3 Å². The SMILES string of the molecule is CCCCCCCCCCCCCCCCCCCCCCCCCCCCCCCCCCCCC(=O)OCC(COC(=O)CCCCCCCC)OC(=O)CCCCCCCCCCCCCCCCCCCCCCCCC. The number of hydrogen-bond donors (Lipinski definition) is 0. The molecule has 0 N–H and O–H groups in total. The minimum absolute atomic E-state index is 0.0616. The topological polar surface area (TPSA) is 78.9 Å². The van der Waals surface area contributed by atoms with Gasteiger partial charge in [-0.3, -0.25) is 14.4 Å². The molecule has 0 saturated heterocycles. The minimum atomic E-state index is -0.762. The fraction of sp³-hybridized carbons (Fsp3) is 0.960. The Morgan fingerprint density at radius 3 is 0.494 bits per heavy atom. The Morgan fingerprint density at radius 1 is 0.198 bits per heavy atom. The van der Waals surface area contributed by atoms with Crippen LogP contribution < -0.4 is 0 Å². The highest BCUT2D eigenvalue weighted by molar-refractivity contribution is 5.71. The molecule has 0 aliphatic carbocycles. The molecule has 0 bridgehead atoms. The zero-order valence-corrected chi connectivity index (χ0v) is 55.6. The second-order valence-corrected chi connectivity index (χ2v) is 25.9. The fourth-order valence-corrected chi connectivity index (χ4v) is 12.0. The lowest BCUT2D eigenvalue weighted by atomic mass is 10.0. The van der Waals surface area contributed by atoms with E-state index in [0.29, 0.717) is 19.3 Å². The Kier molecular flexibility index (Phi) is 69.5. The van der Waals surface area contributed by atoms with E-state index in [1.54, 1.807) is 0 Å². The first-order chi connectivity index (χ1) is 40.0. The summed E-state index contributed by atoms with van der Waals surface area (Å²) in [5, 5.41) is 0. The van der Waals surface area contributed by atoms with E-state index in [2.05, 4.69) is 20.8 Å². The summed E-state index contributed by atoms with van der Waals surface area (Å²) in [6.07, 6.45) is 85.0. The lowest BCUT2D eigenvalue weighted by Crippen LogP contribution is -2.30. The lowest BCUT2D eigenvalue weighted by molar-refractivity contribution is -0.167. The normalized spacial score (nSPS) is 11.9. The first kappa shape index (κ1) is 79.4. The summed E-state index contributed by atoms with van der Waals surface area (Å²) in [5.74, 6) is -0.836. The Hall–Kier alpha value is -1.59. The van der Waals surface area contributed by atoms with Crippen molar-refractivity contribution in [1.29, 1.82) is 0 Å². The third-order valence-electron chi connectivity index (χ3n) is 17.6. The van der Waals surface area contributed by atoms with Gasteiger partial charge < -0.3 is 14.2 Å². The highest BCUT2D eigenvalue weighted by atomic mass is 16.6. The van der Waals surface area contributed by atoms with E-state index < -0.39 is 6.10 Å². The molecule has 482 valence electrons. The highest BCUT2D eigenvalue weighted by Gasteiger charge is 2.20. The van der Waals surface area contributed by atoms with Crippen LogP contribution in [0.1, 0.15) is 445 Å². The van der Waals surface area contributed by atoms with Gasteiger partial charge in [-0.15, -0.1) is 0 Å². The van der Waals surface area contributed by atoms with Crippen LogP contribution in [0.4, 0.5) is 0 Å². The smallest absolute Gasteiger partial charge is 0.306 e. The van der Waals surface area contributed by atoms with Crippen molar-refractivity contribution in [1.82, 2.24) is 0 Å². The van der Waals surface area contributed by atoms with Gasteiger partial charge in [-0.2, -0.15) is 0 Å². The Morgan fingerprint density at radius 2 is 0.333 bits per heavy atom. The van der Waals surface area contributed by atoms with Gasteiger partial charge in [0.05, 0.1) is 0 Å². The zero-order chi connectivity index (χ0) is 58.5. The molecule has 0 aliphatic heterocycles. The average molecular weight is 1140 g/mol. The van der Waals surface area contributed by atoms with E-state index in [9.17, 15) is 14.4 Å². The number of rotatable bonds is 71. The molecule has 0 radical (unpaired) electrons. The number of esters is 3. The van der Waals surface area contributed by atoms with Crippen LogP contribution in [0.5, 0.6) is 0 Å². The van der Waals surface area contributed by atoms with Crippen LogP contribution in [-0.4, -0.2) is 37.2 Å². The second kappa shape index (κ2) is 70.9. The van der Waals surface area contributed by atoms with E-state index in [1.165, 1.54) is 347 Å². The summed E-state index contributed by atoms with van der Waals surface area (Å²) in [6.45, 7) is 6.68. The Labute approximate surface area is 508 Å². The zero-order valence-electron chi connectivity index (χ0n) is 55.6. The summed E-state index contributed by atoms with van der Waals surface area (Å²) in [4.78, 5) is 38.1. The number of unbranched alkanes of at least 4 members (excludes halogenated alkanes) is 60. The van der Waals surface area contributed by atoms with Crippen LogP contribution in [0.15, 0.2) is 0 Å². The lowest BCUT2D eigenvalue weighted by Gasteiger charge is -2.18. The molecule has 0 aromatic heterocycles. The summed E-state index contributed by atoms with van der Waals surface area (Å²) < 4.78 is 16.9. The summed E-state index contributed by atoms with van der Waals surface area (Å²) in [6, 6.07) is 0. The van der Waals surface area contributed by atoms with Crippen molar-refractivity contribution in [3.63, 3.8) is 0 Å². The molecule has 1 atom stereocenters. The van der Waals surface area contributed by atoms with Gasteiger partial charge in [0.1, 0.15) is 13.2 Å². The third-order valence-corrected chi connectivity index (χ3v) is 17.6.